The van der Waals surface area contributed by atoms with Crippen molar-refractivity contribution in [1.82, 2.24) is 10.3 Å². The van der Waals surface area contributed by atoms with Gasteiger partial charge in [0.2, 0.25) is 5.13 Å². The predicted octanol–water partition coefficient (Wildman–Crippen LogP) is 4.55. The summed E-state index contributed by atoms with van der Waals surface area (Å²) in [6.07, 6.45) is 1.71. The van der Waals surface area contributed by atoms with Gasteiger partial charge in [-0.05, 0) is 50.6 Å². The van der Waals surface area contributed by atoms with Crippen molar-refractivity contribution < 1.29 is 9.53 Å². The fraction of sp³-hybridized carbons (Fsp3) is 0.227. The molecule has 0 aliphatic heterocycles. The molecule has 150 valence electrons. The van der Waals surface area contributed by atoms with Crippen LogP contribution in [0.15, 0.2) is 65.1 Å². The third-order valence-electron chi connectivity index (χ3n) is 3.71. The minimum absolute atomic E-state index is 0.0138. The van der Waals surface area contributed by atoms with E-state index in [0.717, 1.165) is 22.0 Å². The van der Waals surface area contributed by atoms with Gasteiger partial charge < -0.3 is 10.1 Å². The summed E-state index contributed by atoms with van der Waals surface area (Å²) in [5.74, 6) is 0.484. The molecule has 0 aliphatic rings. The fourth-order valence-corrected chi connectivity index (χ4v) is 3.15. The molecule has 0 saturated carbocycles. The number of hydrogen-bond donors (Lipinski definition) is 2. The fourth-order valence-electron chi connectivity index (χ4n) is 2.48. The van der Waals surface area contributed by atoms with Crippen LogP contribution in [0.4, 0.5) is 5.13 Å². The van der Waals surface area contributed by atoms with Gasteiger partial charge in [0.1, 0.15) is 5.75 Å². The molecule has 2 aromatic carbocycles. The van der Waals surface area contributed by atoms with Crippen molar-refractivity contribution in [2.24, 2.45) is 5.10 Å². The molecule has 0 bridgehead atoms. The molecule has 0 atom stereocenters. The summed E-state index contributed by atoms with van der Waals surface area (Å²) >= 11 is 1.50. The first-order valence-electron chi connectivity index (χ1n) is 9.23. The molecule has 0 aliphatic carbocycles. The van der Waals surface area contributed by atoms with E-state index in [1.54, 1.807) is 6.21 Å². The number of aromatic nitrogens is 1. The summed E-state index contributed by atoms with van der Waals surface area (Å²) in [5, 5.41) is 9.81. The highest BCUT2D eigenvalue weighted by atomic mass is 32.1. The summed E-state index contributed by atoms with van der Waals surface area (Å²) in [5.41, 5.74) is 5.59. The second-order valence-electron chi connectivity index (χ2n) is 7.43. The van der Waals surface area contributed by atoms with Crippen LogP contribution < -0.4 is 15.5 Å². The molecular weight excluding hydrogens is 384 g/mol. The number of carbonyl (C=O) groups excluding carboxylic acids is 1. The monoisotopic (exact) mass is 408 g/mol. The van der Waals surface area contributed by atoms with Gasteiger partial charge in [-0.3, -0.25) is 10.2 Å². The van der Waals surface area contributed by atoms with E-state index < -0.39 is 0 Å². The lowest BCUT2D eigenvalue weighted by molar-refractivity contribution is -0.124. The normalized spacial score (nSPS) is 11.4. The van der Waals surface area contributed by atoms with E-state index in [2.05, 4.69) is 20.8 Å². The Morgan fingerprint density at radius 3 is 2.55 bits per heavy atom. The molecule has 0 radical (unpaired) electrons. The zero-order valence-electron chi connectivity index (χ0n) is 16.7. The summed E-state index contributed by atoms with van der Waals surface area (Å²) in [4.78, 5) is 16.3. The van der Waals surface area contributed by atoms with Crippen LogP contribution in [0.2, 0.25) is 0 Å². The Morgan fingerprint density at radius 2 is 1.86 bits per heavy atom. The molecule has 0 fully saturated rings. The molecule has 0 saturated heterocycles. The van der Waals surface area contributed by atoms with Gasteiger partial charge in [0.15, 0.2) is 6.61 Å². The molecule has 1 aromatic heterocycles. The first kappa shape index (κ1) is 20.5. The van der Waals surface area contributed by atoms with Crippen molar-refractivity contribution in [3.05, 3.63) is 65.5 Å². The highest BCUT2D eigenvalue weighted by Crippen LogP contribution is 2.24. The number of hydrogen-bond acceptors (Lipinski definition) is 6. The van der Waals surface area contributed by atoms with Crippen LogP contribution in [-0.4, -0.2) is 29.3 Å². The van der Waals surface area contributed by atoms with E-state index in [0.29, 0.717) is 5.75 Å². The molecule has 1 heterocycles. The number of anilines is 1. The lowest BCUT2D eigenvalue weighted by atomic mass is 10.1. The number of thiazole rings is 1. The average Bonchev–Trinajstić information content (AvgIpc) is 3.16. The largest absolute Gasteiger partial charge is 0.484 e. The topological polar surface area (TPSA) is 75.6 Å². The lowest BCUT2D eigenvalue weighted by Gasteiger charge is -2.20. The maximum absolute atomic E-state index is 11.8. The van der Waals surface area contributed by atoms with Crippen molar-refractivity contribution in [2.75, 3.05) is 12.0 Å². The zero-order chi connectivity index (χ0) is 20.7. The van der Waals surface area contributed by atoms with Gasteiger partial charge in [0, 0.05) is 16.5 Å². The Morgan fingerprint density at radius 1 is 1.14 bits per heavy atom. The zero-order valence-corrected chi connectivity index (χ0v) is 17.5. The standard InChI is InChI=1S/C22H24N4O2S/c1-22(2,3)25-20(27)14-28-18-11-9-16(10-12-18)13-23-26-21-24-19(15-29-21)17-7-5-4-6-8-17/h4-13,15H,14H2,1-3H3,(H,24,26)(H,25,27). The first-order chi connectivity index (χ1) is 13.9. The van der Waals surface area contributed by atoms with Gasteiger partial charge in [-0.15, -0.1) is 11.3 Å². The number of ether oxygens (including phenoxy) is 1. The SMILES string of the molecule is CC(C)(C)NC(=O)COc1ccc(C=NNc2nc(-c3ccccc3)cs2)cc1. The Kier molecular flexibility index (Phi) is 6.61. The minimum Gasteiger partial charge on any atom is -0.484 e. The Hall–Kier alpha value is -3.19. The van der Waals surface area contributed by atoms with Crippen molar-refractivity contribution in [1.29, 1.82) is 0 Å². The number of nitrogens with zero attached hydrogens (tertiary/aromatic N) is 2. The third kappa shape index (κ3) is 6.73. The predicted molar refractivity (Wildman–Crippen MR) is 119 cm³/mol. The summed E-state index contributed by atoms with van der Waals surface area (Å²) in [6, 6.07) is 17.4. The van der Waals surface area contributed by atoms with E-state index in [1.807, 2.05) is 80.7 Å². The van der Waals surface area contributed by atoms with Gasteiger partial charge >= 0.3 is 0 Å². The van der Waals surface area contributed by atoms with Crippen molar-refractivity contribution in [3.8, 4) is 17.0 Å². The van der Waals surface area contributed by atoms with Gasteiger partial charge in [0.25, 0.3) is 5.91 Å². The summed E-state index contributed by atoms with van der Waals surface area (Å²) < 4.78 is 5.51. The third-order valence-corrected chi connectivity index (χ3v) is 4.46. The van der Waals surface area contributed by atoms with E-state index in [1.165, 1.54) is 11.3 Å². The smallest absolute Gasteiger partial charge is 0.258 e. The molecule has 7 heteroatoms. The summed E-state index contributed by atoms with van der Waals surface area (Å²) in [7, 11) is 0. The van der Waals surface area contributed by atoms with Crippen LogP contribution in [0.1, 0.15) is 26.3 Å². The maximum atomic E-state index is 11.8. The molecule has 2 N–H and O–H groups in total. The molecule has 6 nitrogen and oxygen atoms in total. The number of benzene rings is 2. The second kappa shape index (κ2) is 9.34. The Labute approximate surface area is 174 Å². The first-order valence-corrected chi connectivity index (χ1v) is 10.1. The van der Waals surface area contributed by atoms with Crippen LogP contribution in [0, 0.1) is 0 Å². The number of hydrazone groups is 1. The van der Waals surface area contributed by atoms with Gasteiger partial charge in [-0.2, -0.15) is 5.10 Å². The molecule has 3 rings (SSSR count). The molecule has 29 heavy (non-hydrogen) atoms. The highest BCUT2D eigenvalue weighted by Gasteiger charge is 2.13. The number of nitrogens with one attached hydrogen (secondary N) is 2. The van der Waals surface area contributed by atoms with Crippen LogP contribution in [0.25, 0.3) is 11.3 Å². The van der Waals surface area contributed by atoms with E-state index >= 15 is 0 Å². The van der Waals surface area contributed by atoms with Crippen molar-refractivity contribution in [3.63, 3.8) is 0 Å². The second-order valence-corrected chi connectivity index (χ2v) is 8.29. The molecular formula is C22H24N4O2S. The maximum Gasteiger partial charge on any atom is 0.258 e. The molecule has 0 unspecified atom stereocenters. The lowest BCUT2D eigenvalue weighted by Crippen LogP contribution is -2.43. The number of carbonyl (C=O) groups is 1. The van der Waals surface area contributed by atoms with Crippen LogP contribution in [0.3, 0.4) is 0 Å². The molecule has 0 spiro atoms. The van der Waals surface area contributed by atoms with Crippen LogP contribution in [-0.2, 0) is 4.79 Å². The quantitative estimate of drug-likeness (QED) is 0.444. The van der Waals surface area contributed by atoms with Gasteiger partial charge in [-0.25, -0.2) is 4.98 Å². The van der Waals surface area contributed by atoms with Crippen LogP contribution in [0.5, 0.6) is 5.75 Å². The molecule has 3 aromatic rings. The highest BCUT2D eigenvalue weighted by molar-refractivity contribution is 7.14. The average molecular weight is 409 g/mol. The minimum atomic E-state index is -0.271. The Balaban J connectivity index is 1.49. The van der Waals surface area contributed by atoms with E-state index in [9.17, 15) is 4.79 Å². The van der Waals surface area contributed by atoms with Gasteiger partial charge in [-0.1, -0.05) is 30.3 Å². The van der Waals surface area contributed by atoms with E-state index in [-0.39, 0.29) is 18.1 Å². The van der Waals surface area contributed by atoms with Gasteiger partial charge in [0.05, 0.1) is 11.9 Å². The van der Waals surface area contributed by atoms with Crippen molar-refractivity contribution in [2.45, 2.75) is 26.3 Å². The van der Waals surface area contributed by atoms with E-state index in [4.69, 9.17) is 4.74 Å². The summed E-state index contributed by atoms with van der Waals surface area (Å²) in [6.45, 7) is 5.78. The van der Waals surface area contributed by atoms with Crippen molar-refractivity contribution >= 4 is 28.6 Å². The van der Waals surface area contributed by atoms with Crippen LogP contribution >= 0.6 is 11.3 Å². The molecule has 1 amide bonds. The number of rotatable bonds is 7. The Bertz CT molecular complexity index is 960. The number of amides is 1.